The Bertz CT molecular complexity index is 923. The van der Waals surface area contributed by atoms with Crippen molar-refractivity contribution in [2.75, 3.05) is 13.7 Å². The molecule has 0 unspecified atom stereocenters. The normalized spacial score (nSPS) is 12.1. The topological polar surface area (TPSA) is 67.9 Å². The van der Waals surface area contributed by atoms with Gasteiger partial charge in [0.1, 0.15) is 17.5 Å². The van der Waals surface area contributed by atoms with E-state index in [9.17, 15) is 9.59 Å². The first-order valence-corrected chi connectivity index (χ1v) is 11.5. The second-order valence-electron chi connectivity index (χ2n) is 8.73. The van der Waals surface area contributed by atoms with Crippen molar-refractivity contribution >= 4 is 27.7 Å². The van der Waals surface area contributed by atoms with Crippen molar-refractivity contribution in [1.82, 2.24) is 10.2 Å². The van der Waals surface area contributed by atoms with Gasteiger partial charge in [-0.1, -0.05) is 35.0 Å². The van der Waals surface area contributed by atoms with Crippen LogP contribution in [0.2, 0.25) is 0 Å². The summed E-state index contributed by atoms with van der Waals surface area (Å²) >= 11 is 3.46. The Hall–Kier alpha value is -2.54. The lowest BCUT2D eigenvalue weighted by Crippen LogP contribution is -2.54. The van der Waals surface area contributed by atoms with Crippen LogP contribution in [0.4, 0.5) is 0 Å². The first-order chi connectivity index (χ1) is 15.0. The molecule has 0 spiro atoms. The minimum Gasteiger partial charge on any atom is -0.497 e. The molecule has 0 heterocycles. The molecule has 2 amide bonds. The lowest BCUT2D eigenvalue weighted by Gasteiger charge is -2.33. The molecule has 7 heteroatoms. The van der Waals surface area contributed by atoms with Crippen molar-refractivity contribution in [2.45, 2.75) is 59.2 Å². The second kappa shape index (κ2) is 11.4. The van der Waals surface area contributed by atoms with E-state index in [0.29, 0.717) is 18.7 Å². The van der Waals surface area contributed by atoms with Gasteiger partial charge in [0.25, 0.3) is 5.91 Å². The number of carbonyl (C=O) groups excluding carboxylic acids is 2. The predicted molar refractivity (Wildman–Crippen MR) is 130 cm³/mol. The molecule has 0 fully saturated rings. The number of methoxy groups -OCH3 is 1. The fraction of sp³-hybridized carbons (Fsp3) is 0.440. The third-order valence-electron chi connectivity index (χ3n) is 4.89. The molecule has 0 aliphatic heterocycles. The van der Waals surface area contributed by atoms with Gasteiger partial charge in [-0.25, -0.2) is 0 Å². The Labute approximate surface area is 199 Å². The zero-order valence-corrected chi connectivity index (χ0v) is 21.3. The lowest BCUT2D eigenvalue weighted by atomic mass is 10.1. The van der Waals surface area contributed by atoms with Crippen LogP contribution in [-0.2, 0) is 16.1 Å². The van der Waals surface area contributed by atoms with Crippen molar-refractivity contribution in [3.05, 3.63) is 58.1 Å². The van der Waals surface area contributed by atoms with E-state index in [1.165, 1.54) is 0 Å². The van der Waals surface area contributed by atoms with Gasteiger partial charge in [0.15, 0.2) is 6.61 Å². The highest BCUT2D eigenvalue weighted by Gasteiger charge is 2.30. The van der Waals surface area contributed by atoms with Crippen LogP contribution in [0.15, 0.2) is 46.9 Å². The number of aryl methyl sites for hydroxylation is 1. The quantitative estimate of drug-likeness (QED) is 0.528. The van der Waals surface area contributed by atoms with Gasteiger partial charge in [-0.3, -0.25) is 9.59 Å². The zero-order chi connectivity index (χ0) is 23.9. The summed E-state index contributed by atoms with van der Waals surface area (Å²) in [5.74, 6) is 0.910. The maximum absolute atomic E-state index is 13.3. The highest BCUT2D eigenvalue weighted by Crippen LogP contribution is 2.22. The van der Waals surface area contributed by atoms with Crippen molar-refractivity contribution in [3.8, 4) is 11.5 Å². The van der Waals surface area contributed by atoms with Crippen molar-refractivity contribution in [1.29, 1.82) is 0 Å². The Morgan fingerprint density at radius 3 is 2.25 bits per heavy atom. The van der Waals surface area contributed by atoms with Crippen molar-refractivity contribution < 1.29 is 19.1 Å². The van der Waals surface area contributed by atoms with E-state index in [1.54, 1.807) is 12.0 Å². The SMILES string of the molecule is CC[C@H](C(=O)NC(C)(C)C)N(Cc1ccc(OC)cc1)C(=O)COc1ccc(Br)c(C)c1. The molecule has 2 aromatic carbocycles. The van der Waals surface area contributed by atoms with Crippen LogP contribution >= 0.6 is 15.9 Å². The molecule has 0 saturated carbocycles. The minimum absolute atomic E-state index is 0.156. The molecule has 0 aliphatic carbocycles. The van der Waals surface area contributed by atoms with E-state index >= 15 is 0 Å². The van der Waals surface area contributed by atoms with Gasteiger partial charge >= 0.3 is 0 Å². The van der Waals surface area contributed by atoms with Crippen LogP contribution < -0.4 is 14.8 Å². The molecule has 1 N–H and O–H groups in total. The molecular formula is C25H33BrN2O4. The van der Waals surface area contributed by atoms with E-state index in [2.05, 4.69) is 21.2 Å². The fourth-order valence-corrected chi connectivity index (χ4v) is 3.48. The van der Waals surface area contributed by atoms with Gasteiger partial charge in [-0.15, -0.1) is 0 Å². The number of nitrogens with zero attached hydrogens (tertiary/aromatic N) is 1. The molecule has 2 rings (SSSR count). The molecule has 0 aromatic heterocycles. The zero-order valence-electron chi connectivity index (χ0n) is 19.7. The Balaban J connectivity index is 2.24. The van der Waals surface area contributed by atoms with Gasteiger partial charge < -0.3 is 19.7 Å². The third-order valence-corrected chi connectivity index (χ3v) is 5.78. The van der Waals surface area contributed by atoms with Gasteiger partial charge in [0, 0.05) is 16.6 Å². The number of halogens is 1. The lowest BCUT2D eigenvalue weighted by molar-refractivity contribution is -0.143. The second-order valence-corrected chi connectivity index (χ2v) is 9.59. The average molecular weight is 505 g/mol. The van der Waals surface area contributed by atoms with E-state index in [4.69, 9.17) is 9.47 Å². The Kier molecular flexibility index (Phi) is 9.13. The standard InChI is InChI=1S/C25H33BrN2O4/c1-7-22(24(30)27-25(3,4)5)28(15-18-8-10-19(31-6)11-9-18)23(29)16-32-20-12-13-21(26)17(2)14-20/h8-14,22H,7,15-16H2,1-6H3,(H,27,30)/t22-/m1/s1. The average Bonchev–Trinajstić information content (AvgIpc) is 2.73. The number of rotatable bonds is 9. The van der Waals surface area contributed by atoms with Crippen molar-refractivity contribution in [2.24, 2.45) is 0 Å². The molecular weight excluding hydrogens is 472 g/mol. The van der Waals surface area contributed by atoms with Crippen LogP contribution in [-0.4, -0.2) is 42.0 Å². The number of hydrogen-bond acceptors (Lipinski definition) is 4. The Morgan fingerprint density at radius 1 is 1.09 bits per heavy atom. The molecule has 0 radical (unpaired) electrons. The first kappa shape index (κ1) is 25.7. The molecule has 6 nitrogen and oxygen atoms in total. The molecule has 0 saturated heterocycles. The minimum atomic E-state index is -0.612. The van der Waals surface area contributed by atoms with Crippen LogP contribution in [0, 0.1) is 6.92 Å². The van der Waals surface area contributed by atoms with Crippen LogP contribution in [0.5, 0.6) is 11.5 Å². The van der Waals surface area contributed by atoms with Crippen molar-refractivity contribution in [3.63, 3.8) is 0 Å². The highest BCUT2D eigenvalue weighted by atomic mass is 79.9. The van der Waals surface area contributed by atoms with E-state index in [-0.39, 0.29) is 18.4 Å². The predicted octanol–water partition coefficient (Wildman–Crippen LogP) is 4.87. The van der Waals surface area contributed by atoms with Gasteiger partial charge in [0.05, 0.1) is 7.11 Å². The van der Waals surface area contributed by atoms with Gasteiger partial charge in [-0.2, -0.15) is 0 Å². The summed E-state index contributed by atoms with van der Waals surface area (Å²) in [5, 5.41) is 3.00. The van der Waals surface area contributed by atoms with E-state index in [1.807, 2.05) is 77.1 Å². The summed E-state index contributed by atoms with van der Waals surface area (Å²) in [6, 6.07) is 12.4. The largest absolute Gasteiger partial charge is 0.497 e. The first-order valence-electron chi connectivity index (χ1n) is 10.7. The number of ether oxygens (including phenoxy) is 2. The number of nitrogens with one attached hydrogen (secondary N) is 1. The summed E-state index contributed by atoms with van der Waals surface area (Å²) in [5.41, 5.74) is 1.52. The summed E-state index contributed by atoms with van der Waals surface area (Å²) in [7, 11) is 1.61. The molecule has 32 heavy (non-hydrogen) atoms. The third kappa shape index (κ3) is 7.55. The molecule has 0 aliphatic rings. The van der Waals surface area contributed by atoms with Crippen LogP contribution in [0.1, 0.15) is 45.2 Å². The molecule has 1 atom stereocenters. The van der Waals surface area contributed by atoms with Crippen LogP contribution in [0.25, 0.3) is 0 Å². The number of carbonyl (C=O) groups is 2. The maximum Gasteiger partial charge on any atom is 0.261 e. The number of benzene rings is 2. The molecule has 174 valence electrons. The summed E-state index contributed by atoms with van der Waals surface area (Å²) in [6.07, 6.45) is 0.487. The summed E-state index contributed by atoms with van der Waals surface area (Å²) < 4.78 is 12.0. The molecule has 0 bridgehead atoms. The van der Waals surface area contributed by atoms with E-state index in [0.717, 1.165) is 21.3 Å². The summed E-state index contributed by atoms with van der Waals surface area (Å²) in [4.78, 5) is 27.9. The highest BCUT2D eigenvalue weighted by molar-refractivity contribution is 9.10. The van der Waals surface area contributed by atoms with Crippen LogP contribution in [0.3, 0.4) is 0 Å². The number of amides is 2. The smallest absolute Gasteiger partial charge is 0.261 e. The van der Waals surface area contributed by atoms with E-state index < -0.39 is 11.6 Å². The maximum atomic E-state index is 13.3. The van der Waals surface area contributed by atoms with Gasteiger partial charge in [0.2, 0.25) is 5.91 Å². The molecule has 2 aromatic rings. The Morgan fingerprint density at radius 2 is 1.72 bits per heavy atom. The monoisotopic (exact) mass is 504 g/mol. The number of hydrogen-bond donors (Lipinski definition) is 1. The fourth-order valence-electron chi connectivity index (χ4n) is 3.24. The summed E-state index contributed by atoms with van der Waals surface area (Å²) in [6.45, 7) is 9.77. The van der Waals surface area contributed by atoms with Gasteiger partial charge in [-0.05, 0) is 75.6 Å².